The molecule has 50 heavy (non-hydrogen) atoms. The van der Waals surface area contributed by atoms with Gasteiger partial charge in [-0.2, -0.15) is 0 Å². The second-order valence-corrected chi connectivity index (χ2v) is 20.3. The second-order valence-electron chi connectivity index (χ2n) is 14.3. The number of rotatable bonds is 11. The van der Waals surface area contributed by atoms with E-state index >= 15 is 0 Å². The fourth-order valence-corrected chi connectivity index (χ4v) is 13.2. The van der Waals surface area contributed by atoms with E-state index in [0.717, 1.165) is 31.7 Å². The van der Waals surface area contributed by atoms with Crippen molar-refractivity contribution in [2.75, 3.05) is 32.3 Å². The summed E-state index contributed by atoms with van der Waals surface area (Å²) in [6.45, 7) is 7.49. The van der Waals surface area contributed by atoms with Crippen LogP contribution in [0, 0.1) is 9.49 Å². The Morgan fingerprint density at radius 3 is 2.44 bits per heavy atom. The quantitative estimate of drug-likeness (QED) is 0.117. The number of benzene rings is 3. The molecule has 0 bridgehead atoms. The van der Waals surface area contributed by atoms with Gasteiger partial charge in [0, 0.05) is 34.6 Å². The van der Waals surface area contributed by atoms with E-state index in [2.05, 4.69) is 66.9 Å². The SMILES string of the molecule is COC(=O)CCCCN1C(=O)[C@]2(O[C@H](CC(=O)N3Cc4ccccc4C[C@H]3CO)[C@@H]([Si](C)(C)c3ccc(OC)cc3)[C@@H]2C)c2cc(I)ccc21. The molecule has 6 rings (SSSR count). The maximum atomic E-state index is 14.9. The average Bonchev–Trinajstić information content (AvgIpc) is 3.54. The lowest BCUT2D eigenvalue weighted by atomic mass is 9.82. The summed E-state index contributed by atoms with van der Waals surface area (Å²) in [6.07, 6.45) is 1.68. The van der Waals surface area contributed by atoms with Gasteiger partial charge in [-0.05, 0) is 88.9 Å². The summed E-state index contributed by atoms with van der Waals surface area (Å²) in [6, 6.07) is 22.0. The van der Waals surface area contributed by atoms with Gasteiger partial charge in [0.1, 0.15) is 5.75 Å². The van der Waals surface area contributed by atoms with Crippen molar-refractivity contribution in [2.45, 2.75) is 82.0 Å². The van der Waals surface area contributed by atoms with Crippen LogP contribution in [0.15, 0.2) is 66.7 Å². The van der Waals surface area contributed by atoms with Crippen LogP contribution in [0.25, 0.3) is 0 Å². The van der Waals surface area contributed by atoms with Crippen LogP contribution < -0.4 is 14.8 Å². The number of halogens is 1. The van der Waals surface area contributed by atoms with Crippen LogP contribution in [-0.4, -0.2) is 75.4 Å². The molecule has 3 aromatic carbocycles. The second kappa shape index (κ2) is 14.8. The van der Waals surface area contributed by atoms with E-state index in [-0.39, 0.29) is 48.3 Å². The van der Waals surface area contributed by atoms with Gasteiger partial charge < -0.3 is 29.1 Å². The lowest BCUT2D eigenvalue weighted by Gasteiger charge is -2.39. The number of hydrogen-bond donors (Lipinski definition) is 1. The molecule has 0 unspecified atom stereocenters. The number of carbonyl (C=O) groups excluding carboxylic acids is 3. The minimum atomic E-state index is -2.46. The molecule has 1 N–H and O–H groups in total. The predicted octanol–water partition coefficient (Wildman–Crippen LogP) is 5.54. The van der Waals surface area contributed by atoms with E-state index in [1.807, 2.05) is 47.4 Å². The van der Waals surface area contributed by atoms with Gasteiger partial charge in [-0.15, -0.1) is 0 Å². The van der Waals surface area contributed by atoms with Crippen LogP contribution >= 0.6 is 22.6 Å². The third-order valence-electron chi connectivity index (χ3n) is 11.3. The van der Waals surface area contributed by atoms with Crippen molar-refractivity contribution in [2.24, 2.45) is 5.92 Å². The van der Waals surface area contributed by atoms with Gasteiger partial charge in [-0.25, -0.2) is 0 Å². The standard InChI is InChI=1S/C39H47IN2O7Si/c1-25-37(50(4,5)31-16-14-30(47-2)15-17-31)34(22-35(44)42-23-27-11-7-6-10-26(27)20-29(42)24-43)49-39(25)32-21-28(40)13-18-33(32)41(38(39)46)19-9-8-12-36(45)48-3/h6-7,10-11,13-18,21,25,29,34,37,43H,8-9,12,19-20,22-24H2,1-5H3/t25-,29-,34+,37-,39+/m0/s1. The summed E-state index contributed by atoms with van der Waals surface area (Å²) in [5, 5.41) is 11.6. The summed E-state index contributed by atoms with van der Waals surface area (Å²) in [7, 11) is 0.577. The minimum Gasteiger partial charge on any atom is -0.497 e. The van der Waals surface area contributed by atoms with Gasteiger partial charge in [0.2, 0.25) is 5.91 Å². The fourth-order valence-electron chi connectivity index (χ4n) is 8.68. The van der Waals surface area contributed by atoms with Crippen LogP contribution in [0.5, 0.6) is 5.75 Å². The van der Waals surface area contributed by atoms with E-state index in [4.69, 9.17) is 14.2 Å². The molecule has 0 radical (unpaired) electrons. The smallest absolute Gasteiger partial charge is 0.305 e. The van der Waals surface area contributed by atoms with E-state index in [0.29, 0.717) is 38.8 Å². The number of esters is 1. The number of nitrogens with zero attached hydrogens (tertiary/aromatic N) is 2. The Morgan fingerprint density at radius 1 is 1.04 bits per heavy atom. The summed E-state index contributed by atoms with van der Waals surface area (Å²) in [5.74, 6) is 0.0723. The number of hydrogen-bond acceptors (Lipinski definition) is 7. The maximum absolute atomic E-state index is 14.9. The molecule has 266 valence electrons. The molecule has 1 saturated heterocycles. The summed E-state index contributed by atoms with van der Waals surface area (Å²) < 4.78 is 18.5. The number of ether oxygens (including phenoxy) is 3. The molecule has 1 fully saturated rings. The van der Waals surface area contributed by atoms with Crippen LogP contribution in [0.4, 0.5) is 5.69 Å². The van der Waals surface area contributed by atoms with Crippen molar-refractivity contribution >= 4 is 59.3 Å². The molecule has 3 aromatic rings. The molecular weight excluding hydrogens is 763 g/mol. The Hall–Kier alpha value is -3.26. The largest absolute Gasteiger partial charge is 0.497 e. The number of amides is 2. The highest BCUT2D eigenvalue weighted by molar-refractivity contribution is 14.1. The van der Waals surface area contributed by atoms with Crippen molar-refractivity contribution in [3.8, 4) is 5.75 Å². The number of methoxy groups -OCH3 is 2. The number of fused-ring (bicyclic) bond motifs is 3. The van der Waals surface area contributed by atoms with Gasteiger partial charge in [0.15, 0.2) is 5.60 Å². The third-order valence-corrected chi connectivity index (χ3v) is 16.3. The molecule has 5 atom stereocenters. The first kappa shape index (κ1) is 36.5. The van der Waals surface area contributed by atoms with Gasteiger partial charge >= 0.3 is 5.97 Å². The van der Waals surface area contributed by atoms with E-state index < -0.39 is 19.8 Å². The topological polar surface area (TPSA) is 106 Å². The van der Waals surface area contributed by atoms with Gasteiger partial charge in [-0.3, -0.25) is 14.4 Å². The number of aliphatic hydroxyl groups is 1. The molecule has 0 saturated carbocycles. The van der Waals surface area contributed by atoms with Crippen molar-refractivity contribution in [1.82, 2.24) is 4.90 Å². The lowest BCUT2D eigenvalue weighted by Crippen LogP contribution is -2.52. The number of anilines is 1. The zero-order valence-electron chi connectivity index (χ0n) is 29.5. The monoisotopic (exact) mass is 810 g/mol. The molecule has 2 amide bonds. The van der Waals surface area contributed by atoms with Crippen LogP contribution in [0.1, 0.15) is 49.3 Å². The summed E-state index contributed by atoms with van der Waals surface area (Å²) in [5.41, 5.74) is 2.54. The number of aliphatic hydroxyl groups excluding tert-OH is 1. The number of carbonyl (C=O) groups is 3. The summed E-state index contributed by atoms with van der Waals surface area (Å²) in [4.78, 5) is 44.8. The minimum absolute atomic E-state index is 0.0784. The highest BCUT2D eigenvalue weighted by atomic mass is 127. The van der Waals surface area contributed by atoms with Crippen molar-refractivity contribution in [3.05, 3.63) is 87.0 Å². The first-order valence-corrected chi connectivity index (χ1v) is 21.6. The molecular formula is C39H47IN2O7Si. The van der Waals surface area contributed by atoms with Crippen molar-refractivity contribution < 1.29 is 33.7 Å². The van der Waals surface area contributed by atoms with E-state index in [9.17, 15) is 19.5 Å². The third kappa shape index (κ3) is 6.50. The first-order valence-electron chi connectivity index (χ1n) is 17.4. The van der Waals surface area contributed by atoms with Gasteiger partial charge in [0.05, 0.1) is 53.2 Å². The summed E-state index contributed by atoms with van der Waals surface area (Å²) >= 11 is 2.28. The molecule has 3 aliphatic heterocycles. The number of unbranched alkanes of at least 4 members (excludes halogenated alkanes) is 1. The molecule has 11 heteroatoms. The highest BCUT2D eigenvalue weighted by Crippen LogP contribution is 2.60. The van der Waals surface area contributed by atoms with Crippen LogP contribution in [-0.2, 0) is 42.4 Å². The van der Waals surface area contributed by atoms with Crippen LogP contribution in [0.3, 0.4) is 0 Å². The Kier molecular flexibility index (Phi) is 10.8. The molecule has 9 nitrogen and oxygen atoms in total. The Bertz CT molecular complexity index is 1750. The van der Waals surface area contributed by atoms with E-state index in [1.54, 1.807) is 12.0 Å². The fraction of sp³-hybridized carbons (Fsp3) is 0.462. The highest BCUT2D eigenvalue weighted by Gasteiger charge is 2.66. The molecule has 3 aliphatic rings. The Labute approximate surface area is 309 Å². The Balaban J connectivity index is 1.38. The first-order chi connectivity index (χ1) is 24.0. The van der Waals surface area contributed by atoms with E-state index in [1.165, 1.54) is 12.3 Å². The molecule has 0 aromatic heterocycles. The maximum Gasteiger partial charge on any atom is 0.305 e. The average molecular weight is 811 g/mol. The Morgan fingerprint density at radius 2 is 1.76 bits per heavy atom. The van der Waals surface area contributed by atoms with Gasteiger partial charge in [0.25, 0.3) is 5.91 Å². The molecule has 3 heterocycles. The molecule has 1 spiro atoms. The zero-order chi connectivity index (χ0) is 35.8. The predicted molar refractivity (Wildman–Crippen MR) is 203 cm³/mol. The van der Waals surface area contributed by atoms with Crippen LogP contribution in [0.2, 0.25) is 18.6 Å². The van der Waals surface area contributed by atoms with Crippen molar-refractivity contribution in [3.63, 3.8) is 0 Å². The lowest BCUT2D eigenvalue weighted by molar-refractivity contribution is -0.151. The van der Waals surface area contributed by atoms with Crippen molar-refractivity contribution in [1.29, 1.82) is 0 Å². The normalized spacial score (nSPS) is 24.3. The zero-order valence-corrected chi connectivity index (χ0v) is 32.6. The molecule has 0 aliphatic carbocycles. The van der Waals surface area contributed by atoms with Gasteiger partial charge in [-0.1, -0.05) is 61.6 Å².